The first-order chi connectivity index (χ1) is 15.9. The van der Waals surface area contributed by atoms with E-state index in [4.69, 9.17) is 4.74 Å². The van der Waals surface area contributed by atoms with Crippen LogP contribution in [0.2, 0.25) is 0 Å². The maximum atomic E-state index is 15.7. The van der Waals surface area contributed by atoms with Crippen LogP contribution in [0.4, 0.5) is 14.5 Å². The van der Waals surface area contributed by atoms with Crippen LogP contribution in [0, 0.1) is 11.6 Å². The third kappa shape index (κ3) is 4.31. The van der Waals surface area contributed by atoms with Crippen molar-refractivity contribution in [3.8, 4) is 5.69 Å². The quantitative estimate of drug-likeness (QED) is 0.565. The molecule has 2 fully saturated rings. The molecule has 3 aromatic rings. The SMILES string of the molecule is CCn1cc(Cc2c(F)ccn(-c3cc(N4CCO[C@H](C)C4)cc(C4CC4)c3F)c2=O)cn1. The number of ether oxygens (including phenoxy) is 1. The highest BCUT2D eigenvalue weighted by Gasteiger charge is 2.30. The van der Waals surface area contributed by atoms with Gasteiger partial charge in [-0.2, -0.15) is 5.10 Å². The molecule has 0 bridgehead atoms. The normalized spacial score (nSPS) is 18.7. The topological polar surface area (TPSA) is 52.3 Å². The molecule has 1 aromatic carbocycles. The molecule has 174 valence electrons. The van der Waals surface area contributed by atoms with Crippen molar-refractivity contribution in [1.82, 2.24) is 14.3 Å². The fourth-order valence-electron chi connectivity index (χ4n) is 4.50. The molecular formula is C25H28F2N4O2. The number of halogens is 2. The molecule has 1 aliphatic carbocycles. The summed E-state index contributed by atoms with van der Waals surface area (Å²) in [7, 11) is 0. The summed E-state index contributed by atoms with van der Waals surface area (Å²) in [5, 5.41) is 4.20. The molecule has 0 amide bonds. The molecule has 0 unspecified atom stereocenters. The van der Waals surface area contributed by atoms with Crippen LogP contribution < -0.4 is 10.5 Å². The zero-order valence-electron chi connectivity index (χ0n) is 18.9. The summed E-state index contributed by atoms with van der Waals surface area (Å²) in [5.74, 6) is -0.833. The first kappa shape index (κ1) is 21.8. The highest BCUT2D eigenvalue weighted by atomic mass is 19.1. The van der Waals surface area contributed by atoms with Gasteiger partial charge in [0.05, 0.1) is 30.2 Å². The van der Waals surface area contributed by atoms with Crippen molar-refractivity contribution in [2.24, 2.45) is 0 Å². The molecule has 1 saturated heterocycles. The fourth-order valence-corrected chi connectivity index (χ4v) is 4.50. The molecule has 2 aliphatic rings. The number of aryl methyl sites for hydroxylation is 1. The van der Waals surface area contributed by atoms with Crippen molar-refractivity contribution < 1.29 is 13.5 Å². The standard InChI is InChI=1S/C25H28F2N4O2/c1-3-30-15-17(13-28-30)10-21-22(26)6-7-31(25(21)32)23-12-19(29-8-9-33-16(2)14-29)11-20(24(23)27)18-4-5-18/h6-7,11-13,15-16,18H,3-5,8-10,14H2,1-2H3/t16-/m1/s1. The Labute approximate surface area is 191 Å². The predicted molar refractivity (Wildman–Crippen MR) is 122 cm³/mol. The number of benzene rings is 1. The number of nitrogens with zero attached hydrogens (tertiary/aromatic N) is 4. The maximum Gasteiger partial charge on any atom is 0.261 e. The predicted octanol–water partition coefficient (Wildman–Crippen LogP) is 4.03. The van der Waals surface area contributed by atoms with Crippen LogP contribution >= 0.6 is 0 Å². The van der Waals surface area contributed by atoms with Crippen molar-refractivity contribution in [2.75, 3.05) is 24.6 Å². The Hall–Kier alpha value is -3.00. The van der Waals surface area contributed by atoms with E-state index in [1.54, 1.807) is 23.1 Å². The molecule has 33 heavy (non-hydrogen) atoms. The van der Waals surface area contributed by atoms with E-state index >= 15 is 4.39 Å². The molecule has 5 rings (SSSR count). The lowest BCUT2D eigenvalue weighted by Crippen LogP contribution is -2.41. The third-order valence-corrected chi connectivity index (χ3v) is 6.48. The number of rotatable bonds is 6. The number of aromatic nitrogens is 3. The van der Waals surface area contributed by atoms with Gasteiger partial charge < -0.3 is 9.64 Å². The first-order valence-corrected chi connectivity index (χ1v) is 11.6. The van der Waals surface area contributed by atoms with Gasteiger partial charge in [0.25, 0.3) is 5.56 Å². The van der Waals surface area contributed by atoms with Gasteiger partial charge in [-0.1, -0.05) is 0 Å². The van der Waals surface area contributed by atoms with Gasteiger partial charge in [0.1, 0.15) is 5.82 Å². The molecule has 0 radical (unpaired) electrons. The van der Waals surface area contributed by atoms with Gasteiger partial charge in [-0.3, -0.25) is 14.0 Å². The number of hydrogen-bond donors (Lipinski definition) is 0. The highest BCUT2D eigenvalue weighted by molar-refractivity contribution is 5.58. The fraction of sp³-hybridized carbons (Fsp3) is 0.440. The lowest BCUT2D eigenvalue weighted by Gasteiger charge is -2.33. The van der Waals surface area contributed by atoms with Crippen molar-refractivity contribution >= 4 is 5.69 Å². The second-order valence-corrected chi connectivity index (χ2v) is 8.97. The minimum Gasteiger partial charge on any atom is -0.375 e. The van der Waals surface area contributed by atoms with Crippen molar-refractivity contribution in [1.29, 1.82) is 0 Å². The van der Waals surface area contributed by atoms with Gasteiger partial charge in [0, 0.05) is 44.1 Å². The van der Waals surface area contributed by atoms with E-state index < -0.39 is 17.2 Å². The number of anilines is 1. The second-order valence-electron chi connectivity index (χ2n) is 8.97. The van der Waals surface area contributed by atoms with Gasteiger partial charge in [-0.25, -0.2) is 8.78 Å². The van der Waals surface area contributed by atoms with Crippen LogP contribution in [-0.4, -0.2) is 40.1 Å². The van der Waals surface area contributed by atoms with Crippen molar-refractivity contribution in [3.05, 3.63) is 75.5 Å². The summed E-state index contributed by atoms with van der Waals surface area (Å²) < 4.78 is 39.0. The average Bonchev–Trinajstić information content (AvgIpc) is 3.55. The number of morpholine rings is 1. The molecule has 6 nitrogen and oxygen atoms in total. The Morgan fingerprint density at radius 1 is 1.24 bits per heavy atom. The molecule has 2 aromatic heterocycles. The lowest BCUT2D eigenvalue weighted by atomic mass is 10.1. The monoisotopic (exact) mass is 454 g/mol. The second kappa shape index (κ2) is 8.74. The average molecular weight is 455 g/mol. The van der Waals surface area contributed by atoms with E-state index in [-0.39, 0.29) is 29.7 Å². The summed E-state index contributed by atoms with van der Waals surface area (Å²) >= 11 is 0. The van der Waals surface area contributed by atoms with Crippen LogP contribution in [0.1, 0.15) is 49.3 Å². The summed E-state index contributed by atoms with van der Waals surface area (Å²) in [6, 6.07) is 4.85. The van der Waals surface area contributed by atoms with E-state index in [2.05, 4.69) is 10.00 Å². The first-order valence-electron chi connectivity index (χ1n) is 11.6. The third-order valence-electron chi connectivity index (χ3n) is 6.48. The van der Waals surface area contributed by atoms with Crippen LogP contribution in [0.25, 0.3) is 5.69 Å². The molecule has 1 saturated carbocycles. The molecule has 8 heteroatoms. The minimum absolute atomic E-state index is 0.00548. The van der Waals surface area contributed by atoms with E-state index in [0.29, 0.717) is 31.8 Å². The van der Waals surface area contributed by atoms with Gasteiger partial charge in [0.2, 0.25) is 0 Å². The smallest absolute Gasteiger partial charge is 0.261 e. The Morgan fingerprint density at radius 2 is 2.06 bits per heavy atom. The van der Waals surface area contributed by atoms with Gasteiger partial charge >= 0.3 is 0 Å². The number of hydrogen-bond acceptors (Lipinski definition) is 4. The maximum absolute atomic E-state index is 15.7. The van der Waals surface area contributed by atoms with Gasteiger partial charge in [0.15, 0.2) is 5.82 Å². The Balaban J connectivity index is 1.59. The summed E-state index contributed by atoms with van der Waals surface area (Å²) in [6.07, 6.45) is 6.80. The van der Waals surface area contributed by atoms with Crippen molar-refractivity contribution in [3.63, 3.8) is 0 Å². The number of pyridine rings is 1. The molecule has 1 atom stereocenters. The summed E-state index contributed by atoms with van der Waals surface area (Å²) in [4.78, 5) is 15.5. The Kier molecular flexibility index (Phi) is 5.78. The van der Waals surface area contributed by atoms with Gasteiger partial charge in [-0.05, 0) is 61.9 Å². The van der Waals surface area contributed by atoms with Crippen LogP contribution in [-0.2, 0) is 17.7 Å². The largest absolute Gasteiger partial charge is 0.375 e. The zero-order valence-corrected chi connectivity index (χ0v) is 18.9. The highest BCUT2D eigenvalue weighted by Crippen LogP contribution is 2.44. The Morgan fingerprint density at radius 3 is 2.76 bits per heavy atom. The zero-order chi connectivity index (χ0) is 23.1. The van der Waals surface area contributed by atoms with E-state index in [9.17, 15) is 9.18 Å². The van der Waals surface area contributed by atoms with E-state index in [1.165, 1.54) is 16.8 Å². The Bertz CT molecular complexity index is 1230. The molecule has 0 spiro atoms. The van der Waals surface area contributed by atoms with Gasteiger partial charge in [-0.15, -0.1) is 0 Å². The van der Waals surface area contributed by atoms with Crippen LogP contribution in [0.3, 0.4) is 0 Å². The molecule has 1 aliphatic heterocycles. The van der Waals surface area contributed by atoms with Crippen LogP contribution in [0.15, 0.2) is 41.6 Å². The van der Waals surface area contributed by atoms with Crippen molar-refractivity contribution in [2.45, 2.75) is 51.7 Å². The molecule has 0 N–H and O–H groups in total. The summed E-state index contributed by atoms with van der Waals surface area (Å²) in [5.41, 5.74) is 1.86. The van der Waals surface area contributed by atoms with Crippen LogP contribution in [0.5, 0.6) is 0 Å². The van der Waals surface area contributed by atoms with E-state index in [0.717, 1.165) is 24.1 Å². The lowest BCUT2D eigenvalue weighted by molar-refractivity contribution is 0.0532. The minimum atomic E-state index is -0.596. The summed E-state index contributed by atoms with van der Waals surface area (Å²) in [6.45, 7) is 6.64. The molecular weight excluding hydrogens is 426 g/mol. The molecule has 3 heterocycles. The van der Waals surface area contributed by atoms with E-state index in [1.807, 2.05) is 19.9 Å².